The van der Waals surface area contributed by atoms with Gasteiger partial charge in [0, 0.05) is 31.4 Å². The number of nitrogens with zero attached hydrogens (tertiary/aromatic N) is 2. The molecule has 6 nitrogen and oxygen atoms in total. The summed E-state index contributed by atoms with van der Waals surface area (Å²) in [6, 6.07) is 4.68. The van der Waals surface area contributed by atoms with E-state index in [1.165, 1.54) is 12.1 Å². The van der Waals surface area contributed by atoms with Gasteiger partial charge in [-0.2, -0.15) is 0 Å². The summed E-state index contributed by atoms with van der Waals surface area (Å²) in [5.74, 6) is -1.00. The van der Waals surface area contributed by atoms with Crippen molar-refractivity contribution < 1.29 is 14.7 Å². The summed E-state index contributed by atoms with van der Waals surface area (Å²) >= 11 is 0. The topological polar surface area (TPSA) is 72.9 Å². The van der Waals surface area contributed by atoms with E-state index in [1.807, 2.05) is 20.9 Å². The fourth-order valence-electron chi connectivity index (χ4n) is 2.52. The highest BCUT2D eigenvalue weighted by atomic mass is 16.4. The summed E-state index contributed by atoms with van der Waals surface area (Å²) in [4.78, 5) is 27.3. The molecule has 1 aromatic rings. The summed E-state index contributed by atoms with van der Waals surface area (Å²) in [5.41, 5.74) is 1.56. The fraction of sp³-hybridized carbons (Fsp3) is 0.467. The van der Waals surface area contributed by atoms with Crippen molar-refractivity contribution in [3.05, 3.63) is 29.3 Å². The first-order valence-electron chi connectivity index (χ1n) is 6.98. The van der Waals surface area contributed by atoms with E-state index in [-0.39, 0.29) is 17.6 Å². The number of likely N-dealkylation sites (N-methyl/N-ethyl adjacent to an activating group) is 1. The second-order valence-corrected chi connectivity index (χ2v) is 5.57. The summed E-state index contributed by atoms with van der Waals surface area (Å²) in [7, 11) is 2.03. The molecule has 6 heteroatoms. The minimum absolute atomic E-state index is 0.131. The van der Waals surface area contributed by atoms with E-state index in [1.54, 1.807) is 11.0 Å². The van der Waals surface area contributed by atoms with Gasteiger partial charge in [0.1, 0.15) is 0 Å². The predicted molar refractivity (Wildman–Crippen MR) is 80.8 cm³/mol. The van der Waals surface area contributed by atoms with Gasteiger partial charge in [-0.1, -0.05) is 6.07 Å². The van der Waals surface area contributed by atoms with Crippen LogP contribution in [0.2, 0.25) is 0 Å². The first-order chi connectivity index (χ1) is 9.88. The maximum absolute atomic E-state index is 12.4. The molecule has 1 aromatic carbocycles. The molecular weight excluding hydrogens is 270 g/mol. The molecule has 0 radical (unpaired) electrons. The minimum atomic E-state index is -1.00. The Kier molecular flexibility index (Phi) is 4.47. The van der Waals surface area contributed by atoms with Gasteiger partial charge in [-0.3, -0.25) is 0 Å². The lowest BCUT2D eigenvalue weighted by Gasteiger charge is -2.38. The van der Waals surface area contributed by atoms with Crippen LogP contribution in [0.15, 0.2) is 18.2 Å². The van der Waals surface area contributed by atoms with Crippen LogP contribution in [0, 0.1) is 6.92 Å². The molecule has 1 atom stereocenters. The third-order valence-electron chi connectivity index (χ3n) is 3.82. The minimum Gasteiger partial charge on any atom is -0.478 e. The standard InChI is InChI=1S/C15H21N3O3/c1-10-4-5-12(14(19)20)8-13(10)16-15(21)18-7-6-17(3)9-11(18)2/h4-5,8,11H,6-7,9H2,1-3H3,(H,16,21)(H,19,20). The Hall–Kier alpha value is -2.08. The highest BCUT2D eigenvalue weighted by Gasteiger charge is 2.26. The number of benzene rings is 1. The number of anilines is 1. The molecule has 0 aliphatic carbocycles. The molecule has 114 valence electrons. The van der Waals surface area contributed by atoms with Crippen molar-refractivity contribution in [3.63, 3.8) is 0 Å². The number of carbonyl (C=O) groups is 2. The van der Waals surface area contributed by atoms with Gasteiger partial charge in [-0.15, -0.1) is 0 Å². The molecule has 2 amide bonds. The van der Waals surface area contributed by atoms with Crippen LogP contribution >= 0.6 is 0 Å². The molecule has 21 heavy (non-hydrogen) atoms. The van der Waals surface area contributed by atoms with Crippen molar-refractivity contribution in [2.45, 2.75) is 19.9 Å². The molecular formula is C15H21N3O3. The Morgan fingerprint density at radius 2 is 2.05 bits per heavy atom. The number of amides is 2. The number of urea groups is 1. The van der Waals surface area contributed by atoms with Gasteiger partial charge in [-0.25, -0.2) is 9.59 Å². The second kappa shape index (κ2) is 6.13. The van der Waals surface area contributed by atoms with Crippen molar-refractivity contribution in [2.75, 3.05) is 32.0 Å². The number of hydrogen-bond acceptors (Lipinski definition) is 3. The van der Waals surface area contributed by atoms with Crippen LogP contribution < -0.4 is 5.32 Å². The Labute approximate surface area is 124 Å². The molecule has 0 bridgehead atoms. The molecule has 0 spiro atoms. The average molecular weight is 291 g/mol. The molecule has 1 unspecified atom stereocenters. The van der Waals surface area contributed by atoms with Crippen molar-refractivity contribution in [3.8, 4) is 0 Å². The van der Waals surface area contributed by atoms with Gasteiger partial charge in [0.25, 0.3) is 0 Å². The fourth-order valence-corrected chi connectivity index (χ4v) is 2.52. The van der Waals surface area contributed by atoms with Crippen molar-refractivity contribution in [1.82, 2.24) is 9.80 Å². The number of carbonyl (C=O) groups excluding carboxylic acids is 1. The smallest absolute Gasteiger partial charge is 0.335 e. The van der Waals surface area contributed by atoms with Gasteiger partial charge in [0.2, 0.25) is 0 Å². The number of nitrogens with one attached hydrogen (secondary N) is 1. The molecule has 2 rings (SSSR count). The summed E-state index contributed by atoms with van der Waals surface area (Å²) < 4.78 is 0. The van der Waals surface area contributed by atoms with Crippen LogP contribution in [0.3, 0.4) is 0 Å². The quantitative estimate of drug-likeness (QED) is 0.872. The lowest BCUT2D eigenvalue weighted by Crippen LogP contribution is -2.54. The van der Waals surface area contributed by atoms with Gasteiger partial charge in [-0.05, 0) is 38.6 Å². The zero-order valence-electron chi connectivity index (χ0n) is 12.6. The molecule has 0 saturated carbocycles. The molecule has 1 saturated heterocycles. The van der Waals surface area contributed by atoms with Crippen LogP contribution in [0.4, 0.5) is 10.5 Å². The molecule has 2 N–H and O–H groups in total. The average Bonchev–Trinajstić information content (AvgIpc) is 2.40. The highest BCUT2D eigenvalue weighted by Crippen LogP contribution is 2.19. The lowest BCUT2D eigenvalue weighted by molar-refractivity contribution is 0.0697. The van der Waals surface area contributed by atoms with Crippen molar-refractivity contribution in [1.29, 1.82) is 0 Å². The third-order valence-corrected chi connectivity index (χ3v) is 3.82. The molecule has 0 aromatic heterocycles. The maximum Gasteiger partial charge on any atom is 0.335 e. The largest absolute Gasteiger partial charge is 0.478 e. The first-order valence-corrected chi connectivity index (χ1v) is 6.98. The zero-order valence-corrected chi connectivity index (χ0v) is 12.6. The molecule has 1 fully saturated rings. The van der Waals surface area contributed by atoms with E-state index >= 15 is 0 Å². The Bertz CT molecular complexity index is 559. The van der Waals surface area contributed by atoms with E-state index in [0.29, 0.717) is 12.2 Å². The number of carboxylic acids is 1. The second-order valence-electron chi connectivity index (χ2n) is 5.57. The SMILES string of the molecule is Cc1ccc(C(=O)O)cc1NC(=O)N1CCN(C)CC1C. The van der Waals surface area contributed by atoms with Crippen LogP contribution in [-0.4, -0.2) is 59.6 Å². The number of piperazine rings is 1. The molecule has 1 heterocycles. The van der Waals surface area contributed by atoms with Gasteiger partial charge >= 0.3 is 12.0 Å². The third kappa shape index (κ3) is 3.52. The number of rotatable bonds is 2. The molecule has 1 aliphatic rings. The zero-order chi connectivity index (χ0) is 15.6. The summed E-state index contributed by atoms with van der Waals surface area (Å²) in [5, 5.41) is 11.9. The van der Waals surface area contributed by atoms with Crippen LogP contribution in [0.5, 0.6) is 0 Å². The van der Waals surface area contributed by atoms with Crippen LogP contribution in [0.1, 0.15) is 22.8 Å². The summed E-state index contributed by atoms with van der Waals surface area (Å²) in [6.45, 7) is 6.19. The van der Waals surface area contributed by atoms with E-state index in [4.69, 9.17) is 5.11 Å². The normalized spacial score (nSPS) is 19.4. The monoisotopic (exact) mass is 291 g/mol. The Balaban J connectivity index is 2.12. The van der Waals surface area contributed by atoms with Gasteiger partial charge < -0.3 is 20.2 Å². The number of carboxylic acid groups (broad SMARTS) is 1. The summed E-state index contributed by atoms with van der Waals surface area (Å²) in [6.07, 6.45) is 0. The maximum atomic E-state index is 12.4. The van der Waals surface area contributed by atoms with Crippen LogP contribution in [-0.2, 0) is 0 Å². The lowest BCUT2D eigenvalue weighted by atomic mass is 10.1. The van der Waals surface area contributed by atoms with E-state index in [0.717, 1.165) is 18.7 Å². The Morgan fingerprint density at radius 3 is 2.67 bits per heavy atom. The van der Waals surface area contributed by atoms with E-state index < -0.39 is 5.97 Å². The van der Waals surface area contributed by atoms with Crippen molar-refractivity contribution >= 4 is 17.7 Å². The predicted octanol–water partition coefficient (Wildman–Crippen LogP) is 1.86. The van der Waals surface area contributed by atoms with Crippen LogP contribution in [0.25, 0.3) is 0 Å². The number of hydrogen-bond donors (Lipinski definition) is 2. The molecule has 1 aliphatic heterocycles. The number of aryl methyl sites for hydroxylation is 1. The van der Waals surface area contributed by atoms with Gasteiger partial charge in [0.15, 0.2) is 0 Å². The number of aromatic carboxylic acids is 1. The first kappa shape index (κ1) is 15.3. The Morgan fingerprint density at radius 1 is 1.33 bits per heavy atom. The van der Waals surface area contributed by atoms with Crippen molar-refractivity contribution in [2.24, 2.45) is 0 Å². The van der Waals surface area contributed by atoms with E-state index in [2.05, 4.69) is 10.2 Å². The van der Waals surface area contributed by atoms with E-state index in [9.17, 15) is 9.59 Å². The van der Waals surface area contributed by atoms with Gasteiger partial charge in [0.05, 0.1) is 5.56 Å². The highest BCUT2D eigenvalue weighted by molar-refractivity contribution is 5.94.